The van der Waals surface area contributed by atoms with Crippen LogP contribution < -0.4 is 0 Å². The van der Waals surface area contributed by atoms with E-state index >= 15 is 0 Å². The summed E-state index contributed by atoms with van der Waals surface area (Å²) in [4.78, 5) is 14.0. The van der Waals surface area contributed by atoms with Gasteiger partial charge in [-0.05, 0) is 38.8 Å². The second-order valence-electron chi connectivity index (χ2n) is 5.00. The van der Waals surface area contributed by atoms with Crippen LogP contribution in [0.1, 0.15) is 35.2 Å². The van der Waals surface area contributed by atoms with Gasteiger partial charge in [0.1, 0.15) is 5.76 Å². The highest BCUT2D eigenvalue weighted by molar-refractivity contribution is 7.91. The number of furan rings is 1. The molecule has 0 aromatic carbocycles. The van der Waals surface area contributed by atoms with Crippen LogP contribution in [0.15, 0.2) is 10.5 Å². The summed E-state index contributed by atoms with van der Waals surface area (Å²) in [7, 11) is -2.99. The van der Waals surface area contributed by atoms with Gasteiger partial charge in [0.2, 0.25) is 0 Å². The standard InChI is InChI=1S/C13H19NO4S/c1-4-14(11-5-6-19(16,17)8-11)13(15)12-7-9(2)10(3)18-12/h7,11H,4-6,8H2,1-3H3. The van der Waals surface area contributed by atoms with E-state index in [1.807, 2.05) is 20.8 Å². The molecular formula is C13H19NO4S. The molecule has 2 heterocycles. The Morgan fingerprint density at radius 3 is 2.58 bits per heavy atom. The molecule has 1 aromatic heterocycles. The number of amides is 1. The summed E-state index contributed by atoms with van der Waals surface area (Å²) in [6.45, 7) is 6.03. The van der Waals surface area contributed by atoms with Gasteiger partial charge in [0.15, 0.2) is 15.6 Å². The van der Waals surface area contributed by atoms with Gasteiger partial charge in [-0.1, -0.05) is 0 Å². The van der Waals surface area contributed by atoms with Crippen LogP contribution in [0.5, 0.6) is 0 Å². The number of sulfone groups is 1. The molecule has 0 radical (unpaired) electrons. The number of carbonyl (C=O) groups is 1. The molecule has 1 aromatic rings. The van der Waals surface area contributed by atoms with Crippen molar-refractivity contribution >= 4 is 15.7 Å². The van der Waals surface area contributed by atoms with Crippen LogP contribution in [-0.2, 0) is 9.84 Å². The second-order valence-corrected chi connectivity index (χ2v) is 7.23. The van der Waals surface area contributed by atoms with Crippen LogP contribution in [0, 0.1) is 13.8 Å². The monoisotopic (exact) mass is 285 g/mol. The molecular weight excluding hydrogens is 266 g/mol. The van der Waals surface area contributed by atoms with Crippen LogP contribution in [0.2, 0.25) is 0 Å². The molecule has 1 aliphatic rings. The third kappa shape index (κ3) is 2.83. The summed E-state index contributed by atoms with van der Waals surface area (Å²) in [5.74, 6) is 1.02. The summed E-state index contributed by atoms with van der Waals surface area (Å²) in [6.07, 6.45) is 0.514. The van der Waals surface area contributed by atoms with E-state index in [2.05, 4.69) is 0 Å². The van der Waals surface area contributed by atoms with Crippen molar-refractivity contribution in [2.75, 3.05) is 18.1 Å². The van der Waals surface area contributed by atoms with Gasteiger partial charge < -0.3 is 9.32 Å². The van der Waals surface area contributed by atoms with Crippen molar-refractivity contribution < 1.29 is 17.6 Å². The van der Waals surface area contributed by atoms with E-state index in [1.54, 1.807) is 11.0 Å². The number of hydrogen-bond acceptors (Lipinski definition) is 4. The molecule has 19 heavy (non-hydrogen) atoms. The zero-order valence-corrected chi connectivity index (χ0v) is 12.3. The molecule has 1 atom stereocenters. The highest BCUT2D eigenvalue weighted by atomic mass is 32.2. The molecule has 1 saturated heterocycles. The molecule has 0 aliphatic carbocycles. The zero-order valence-electron chi connectivity index (χ0n) is 11.5. The fraction of sp³-hybridized carbons (Fsp3) is 0.615. The van der Waals surface area contributed by atoms with Gasteiger partial charge in [-0.3, -0.25) is 4.79 Å². The molecule has 1 unspecified atom stereocenters. The van der Waals surface area contributed by atoms with Crippen LogP contribution in [0.4, 0.5) is 0 Å². The highest BCUT2D eigenvalue weighted by Crippen LogP contribution is 2.21. The SMILES string of the molecule is CCN(C(=O)c1cc(C)c(C)o1)C1CCS(=O)(=O)C1. The molecule has 6 heteroatoms. The first-order valence-corrected chi connectivity index (χ1v) is 8.24. The molecule has 1 amide bonds. The summed E-state index contributed by atoms with van der Waals surface area (Å²) < 4.78 is 28.5. The van der Waals surface area contributed by atoms with Crippen molar-refractivity contribution in [3.8, 4) is 0 Å². The summed E-state index contributed by atoms with van der Waals surface area (Å²) in [5, 5.41) is 0. The Kier molecular flexibility index (Phi) is 3.71. The Balaban J connectivity index is 2.20. The molecule has 1 fully saturated rings. The van der Waals surface area contributed by atoms with E-state index in [0.29, 0.717) is 18.7 Å². The molecule has 1 aliphatic heterocycles. The maximum atomic E-state index is 12.4. The minimum absolute atomic E-state index is 0.0608. The number of hydrogen-bond donors (Lipinski definition) is 0. The third-order valence-corrected chi connectivity index (χ3v) is 5.38. The van der Waals surface area contributed by atoms with Gasteiger partial charge >= 0.3 is 0 Å². The van der Waals surface area contributed by atoms with Crippen molar-refractivity contribution in [3.05, 3.63) is 23.2 Å². The first kappa shape index (κ1) is 14.1. The number of rotatable bonds is 3. The van der Waals surface area contributed by atoms with Crippen molar-refractivity contribution in [3.63, 3.8) is 0 Å². The Morgan fingerprint density at radius 1 is 1.47 bits per heavy atom. The molecule has 106 valence electrons. The Labute approximate surface area is 113 Å². The lowest BCUT2D eigenvalue weighted by Crippen LogP contribution is -2.40. The van der Waals surface area contributed by atoms with Gasteiger partial charge in [0, 0.05) is 12.6 Å². The fourth-order valence-corrected chi connectivity index (χ4v) is 4.14. The normalized spacial score (nSPS) is 21.5. The van der Waals surface area contributed by atoms with Gasteiger partial charge in [0.25, 0.3) is 5.91 Å². The van der Waals surface area contributed by atoms with Crippen LogP contribution in [0.3, 0.4) is 0 Å². The predicted octanol–water partition coefficient (Wildman–Crippen LogP) is 1.55. The van der Waals surface area contributed by atoms with Gasteiger partial charge in [-0.2, -0.15) is 0 Å². The Hall–Kier alpha value is -1.30. The largest absolute Gasteiger partial charge is 0.456 e. The first-order chi connectivity index (χ1) is 8.84. The second kappa shape index (κ2) is 5.00. The van der Waals surface area contributed by atoms with Crippen LogP contribution in [-0.4, -0.2) is 43.3 Å². The average Bonchev–Trinajstić information content (AvgIpc) is 2.84. The van der Waals surface area contributed by atoms with Crippen molar-refractivity contribution in [2.45, 2.75) is 33.2 Å². The lowest BCUT2D eigenvalue weighted by Gasteiger charge is -2.25. The van der Waals surface area contributed by atoms with Crippen LogP contribution in [0.25, 0.3) is 0 Å². The number of aryl methyl sites for hydroxylation is 2. The quantitative estimate of drug-likeness (QED) is 0.845. The van der Waals surface area contributed by atoms with Gasteiger partial charge in [-0.15, -0.1) is 0 Å². The third-order valence-electron chi connectivity index (χ3n) is 3.63. The topological polar surface area (TPSA) is 67.6 Å². The Morgan fingerprint density at radius 2 is 2.16 bits per heavy atom. The number of carbonyl (C=O) groups excluding carboxylic acids is 1. The number of nitrogens with zero attached hydrogens (tertiary/aromatic N) is 1. The fourth-order valence-electron chi connectivity index (χ4n) is 2.41. The van der Waals surface area contributed by atoms with E-state index in [-0.39, 0.29) is 23.5 Å². The Bertz CT molecular complexity index is 568. The van der Waals surface area contributed by atoms with E-state index in [9.17, 15) is 13.2 Å². The summed E-state index contributed by atoms with van der Waals surface area (Å²) >= 11 is 0. The summed E-state index contributed by atoms with van der Waals surface area (Å²) in [5.41, 5.74) is 0.929. The highest BCUT2D eigenvalue weighted by Gasteiger charge is 2.35. The molecule has 5 nitrogen and oxygen atoms in total. The molecule has 0 N–H and O–H groups in total. The molecule has 2 rings (SSSR count). The van der Waals surface area contributed by atoms with Gasteiger partial charge in [0.05, 0.1) is 11.5 Å². The van der Waals surface area contributed by atoms with E-state index in [4.69, 9.17) is 4.42 Å². The lowest BCUT2D eigenvalue weighted by molar-refractivity contribution is 0.0674. The van der Waals surface area contributed by atoms with Crippen LogP contribution >= 0.6 is 0 Å². The zero-order chi connectivity index (χ0) is 14.2. The van der Waals surface area contributed by atoms with Crippen molar-refractivity contribution in [1.29, 1.82) is 0 Å². The van der Waals surface area contributed by atoms with E-state index < -0.39 is 9.84 Å². The maximum Gasteiger partial charge on any atom is 0.289 e. The van der Waals surface area contributed by atoms with Crippen molar-refractivity contribution in [2.24, 2.45) is 0 Å². The summed E-state index contributed by atoms with van der Waals surface area (Å²) in [6, 6.07) is 1.48. The van der Waals surface area contributed by atoms with Crippen molar-refractivity contribution in [1.82, 2.24) is 4.90 Å². The average molecular weight is 285 g/mol. The molecule has 0 saturated carbocycles. The first-order valence-electron chi connectivity index (χ1n) is 6.42. The van der Waals surface area contributed by atoms with E-state index in [1.165, 1.54) is 0 Å². The maximum absolute atomic E-state index is 12.4. The van der Waals surface area contributed by atoms with E-state index in [0.717, 1.165) is 11.3 Å². The predicted molar refractivity (Wildman–Crippen MR) is 72.0 cm³/mol. The lowest BCUT2D eigenvalue weighted by atomic mass is 10.2. The minimum atomic E-state index is -2.99. The molecule has 0 bridgehead atoms. The minimum Gasteiger partial charge on any atom is -0.456 e. The smallest absolute Gasteiger partial charge is 0.289 e. The van der Waals surface area contributed by atoms with Gasteiger partial charge in [-0.25, -0.2) is 8.42 Å². The molecule has 0 spiro atoms.